The Kier molecular flexibility index (Phi) is 6.82. The van der Waals surface area contributed by atoms with Crippen molar-refractivity contribution in [2.75, 3.05) is 10.6 Å². The van der Waals surface area contributed by atoms with Crippen LogP contribution in [0.4, 0.5) is 11.4 Å². The Morgan fingerprint density at radius 1 is 0.585 bits per heavy atom. The van der Waals surface area contributed by atoms with Crippen LogP contribution in [-0.2, 0) is 6.42 Å². The molecule has 2 amide bonds. The molecule has 0 atom stereocenters. The molecule has 4 aromatic carbocycles. The summed E-state index contributed by atoms with van der Waals surface area (Å²) in [5.74, 6) is 1.08. The molecular formula is C33H20N2O6. The SMILES string of the molecule is C#Cc1ccc(C(=O)Nc2ccc3c(c2)Cc2cc(NC(=O)c4cc(C#C)ccc4C(=O)O)ccc2-3)c(C(=O)O)c1. The first kappa shape index (κ1) is 26.5. The van der Waals surface area contributed by atoms with Crippen LogP contribution in [0.3, 0.4) is 0 Å². The van der Waals surface area contributed by atoms with Crippen LogP contribution >= 0.6 is 0 Å². The van der Waals surface area contributed by atoms with E-state index in [1.54, 1.807) is 12.1 Å². The molecule has 0 fully saturated rings. The zero-order valence-corrected chi connectivity index (χ0v) is 21.3. The van der Waals surface area contributed by atoms with Gasteiger partial charge in [0.05, 0.1) is 22.3 Å². The van der Waals surface area contributed by atoms with E-state index in [1.165, 1.54) is 36.4 Å². The second-order valence-electron chi connectivity index (χ2n) is 9.25. The van der Waals surface area contributed by atoms with Crippen molar-refractivity contribution in [3.05, 3.63) is 117 Å². The second kappa shape index (κ2) is 10.6. The molecule has 0 saturated carbocycles. The number of carbonyl (C=O) groups is 4. The van der Waals surface area contributed by atoms with Gasteiger partial charge in [0.1, 0.15) is 0 Å². The van der Waals surface area contributed by atoms with E-state index >= 15 is 0 Å². The van der Waals surface area contributed by atoms with Gasteiger partial charge in [0.2, 0.25) is 0 Å². The first-order chi connectivity index (χ1) is 19.7. The van der Waals surface area contributed by atoms with E-state index in [2.05, 4.69) is 22.5 Å². The van der Waals surface area contributed by atoms with Gasteiger partial charge in [0, 0.05) is 22.5 Å². The highest BCUT2D eigenvalue weighted by molar-refractivity contribution is 6.12. The Morgan fingerprint density at radius 2 is 1.05 bits per heavy atom. The number of amides is 2. The van der Waals surface area contributed by atoms with Crippen molar-refractivity contribution < 1.29 is 29.4 Å². The fraction of sp³-hybridized carbons (Fsp3) is 0.0303. The van der Waals surface area contributed by atoms with Gasteiger partial charge in [-0.3, -0.25) is 9.59 Å². The van der Waals surface area contributed by atoms with Crippen molar-refractivity contribution >= 4 is 35.1 Å². The van der Waals surface area contributed by atoms with Crippen LogP contribution in [0.1, 0.15) is 63.7 Å². The third-order valence-corrected chi connectivity index (χ3v) is 6.72. The fourth-order valence-electron chi connectivity index (χ4n) is 4.78. The van der Waals surface area contributed by atoms with E-state index < -0.39 is 23.8 Å². The summed E-state index contributed by atoms with van der Waals surface area (Å²) in [5.41, 5.74) is 5.06. The molecule has 0 unspecified atom stereocenters. The number of nitrogens with one attached hydrogen (secondary N) is 2. The highest BCUT2D eigenvalue weighted by Gasteiger charge is 2.22. The van der Waals surface area contributed by atoms with E-state index in [0.717, 1.165) is 22.3 Å². The summed E-state index contributed by atoms with van der Waals surface area (Å²) in [4.78, 5) is 49.2. The molecule has 1 aliphatic carbocycles. The van der Waals surface area contributed by atoms with Gasteiger partial charge in [-0.15, -0.1) is 12.8 Å². The first-order valence-electron chi connectivity index (χ1n) is 12.3. The summed E-state index contributed by atoms with van der Waals surface area (Å²) in [6.45, 7) is 0. The maximum Gasteiger partial charge on any atom is 0.336 e. The topological polar surface area (TPSA) is 133 Å². The average molecular weight is 541 g/mol. The molecule has 41 heavy (non-hydrogen) atoms. The predicted octanol–water partition coefficient (Wildman–Crippen LogP) is 5.12. The molecule has 0 saturated heterocycles. The Bertz CT molecular complexity index is 1890. The number of carboxylic acids is 2. The summed E-state index contributed by atoms with van der Waals surface area (Å²) in [5, 5.41) is 24.5. The highest BCUT2D eigenvalue weighted by atomic mass is 16.4. The number of hydrogen-bond donors (Lipinski definition) is 4. The van der Waals surface area contributed by atoms with Gasteiger partial charge in [-0.2, -0.15) is 0 Å². The van der Waals surface area contributed by atoms with E-state index in [0.29, 0.717) is 28.9 Å². The van der Waals surface area contributed by atoms with Gasteiger partial charge in [-0.25, -0.2) is 9.59 Å². The molecule has 0 heterocycles. The van der Waals surface area contributed by atoms with E-state index in [-0.39, 0.29) is 22.3 Å². The molecule has 4 N–H and O–H groups in total. The van der Waals surface area contributed by atoms with Gasteiger partial charge >= 0.3 is 11.9 Å². The van der Waals surface area contributed by atoms with Gasteiger partial charge in [-0.1, -0.05) is 24.0 Å². The maximum atomic E-state index is 13.0. The summed E-state index contributed by atoms with van der Waals surface area (Å²) in [7, 11) is 0. The third kappa shape index (κ3) is 5.14. The van der Waals surface area contributed by atoms with Crippen molar-refractivity contribution in [1.82, 2.24) is 0 Å². The zero-order chi connectivity index (χ0) is 29.3. The molecule has 198 valence electrons. The molecule has 5 rings (SSSR count). The van der Waals surface area contributed by atoms with Crippen molar-refractivity contribution in [2.45, 2.75) is 6.42 Å². The first-order valence-corrected chi connectivity index (χ1v) is 12.3. The van der Waals surface area contributed by atoms with Gasteiger partial charge in [0.15, 0.2) is 0 Å². The predicted molar refractivity (Wildman–Crippen MR) is 153 cm³/mol. The third-order valence-electron chi connectivity index (χ3n) is 6.72. The van der Waals surface area contributed by atoms with Crippen molar-refractivity contribution in [2.24, 2.45) is 0 Å². The number of carboxylic acid groups (broad SMARTS) is 2. The average Bonchev–Trinajstić information content (AvgIpc) is 3.33. The van der Waals surface area contributed by atoms with Gasteiger partial charge in [0.25, 0.3) is 11.8 Å². The minimum atomic E-state index is -1.26. The van der Waals surface area contributed by atoms with Crippen LogP contribution in [-0.4, -0.2) is 34.0 Å². The van der Waals surface area contributed by atoms with E-state index in [1.807, 2.05) is 24.3 Å². The van der Waals surface area contributed by atoms with Gasteiger partial charge in [-0.05, 0) is 89.3 Å². The lowest BCUT2D eigenvalue weighted by molar-refractivity contribution is 0.0683. The smallest absolute Gasteiger partial charge is 0.336 e. The number of terminal acetylenes is 2. The fourth-order valence-corrected chi connectivity index (χ4v) is 4.78. The molecule has 8 nitrogen and oxygen atoms in total. The molecule has 1 aliphatic rings. The normalized spacial score (nSPS) is 10.9. The number of carbonyl (C=O) groups excluding carboxylic acids is 2. The van der Waals surface area contributed by atoms with Crippen LogP contribution in [0.2, 0.25) is 0 Å². The molecule has 0 aromatic heterocycles. The molecule has 0 aliphatic heterocycles. The number of benzene rings is 4. The van der Waals surface area contributed by atoms with Crippen LogP contribution in [0, 0.1) is 24.7 Å². The zero-order valence-electron chi connectivity index (χ0n) is 21.3. The molecule has 8 heteroatoms. The lowest BCUT2D eigenvalue weighted by Gasteiger charge is -2.10. The number of fused-ring (bicyclic) bond motifs is 3. The van der Waals surface area contributed by atoms with Crippen molar-refractivity contribution in [1.29, 1.82) is 0 Å². The van der Waals surface area contributed by atoms with Crippen molar-refractivity contribution in [3.63, 3.8) is 0 Å². The Morgan fingerprint density at radius 3 is 1.54 bits per heavy atom. The van der Waals surface area contributed by atoms with Crippen LogP contribution in [0.25, 0.3) is 11.1 Å². The summed E-state index contributed by atoms with van der Waals surface area (Å²) >= 11 is 0. The minimum absolute atomic E-state index is 0.0143. The minimum Gasteiger partial charge on any atom is -0.478 e. The Hall–Kier alpha value is -6.12. The molecule has 0 spiro atoms. The molecule has 4 aromatic rings. The Labute approximate surface area is 234 Å². The van der Waals surface area contributed by atoms with Crippen LogP contribution < -0.4 is 10.6 Å². The lowest BCUT2D eigenvalue weighted by Crippen LogP contribution is -2.17. The summed E-state index contributed by atoms with van der Waals surface area (Å²) < 4.78 is 0. The number of anilines is 2. The molecule has 0 radical (unpaired) electrons. The maximum absolute atomic E-state index is 13.0. The number of rotatable bonds is 6. The van der Waals surface area contributed by atoms with E-state index in [4.69, 9.17) is 12.8 Å². The quantitative estimate of drug-likeness (QED) is 0.221. The summed E-state index contributed by atoms with van der Waals surface area (Å²) in [6, 6.07) is 19.1. The summed E-state index contributed by atoms with van der Waals surface area (Å²) in [6.07, 6.45) is 11.3. The number of aromatic carboxylic acids is 2. The van der Waals surface area contributed by atoms with Crippen LogP contribution in [0.5, 0.6) is 0 Å². The van der Waals surface area contributed by atoms with E-state index in [9.17, 15) is 29.4 Å². The standard InChI is InChI=1S/C33H20N2O6/c1-3-18-6-10-27(32(38)39)28(13-18)31(37)35-23-8-12-25-21(17-23)15-20-16-22(7-11-24(20)25)34-30(36)26-9-5-19(4-2)14-29(26)33(40)41/h1-2,5-14,16-17H,15H2,(H,34,36)(H,35,37)(H,38,39)(H,40,41). The second-order valence-corrected chi connectivity index (χ2v) is 9.25. The largest absolute Gasteiger partial charge is 0.478 e. The molecular weight excluding hydrogens is 520 g/mol. The molecule has 0 bridgehead atoms. The van der Waals surface area contributed by atoms with Gasteiger partial charge < -0.3 is 20.8 Å². The number of hydrogen-bond acceptors (Lipinski definition) is 4. The van der Waals surface area contributed by atoms with Crippen molar-refractivity contribution in [3.8, 4) is 35.8 Å². The van der Waals surface area contributed by atoms with Crippen LogP contribution in [0.15, 0.2) is 72.8 Å². The monoisotopic (exact) mass is 540 g/mol. The highest BCUT2D eigenvalue weighted by Crippen LogP contribution is 2.39. The Balaban J connectivity index is 1.35. The lowest BCUT2D eigenvalue weighted by atomic mass is 10.0.